The third-order valence-electron chi connectivity index (χ3n) is 4.72. The Balaban J connectivity index is 1.80. The van der Waals surface area contributed by atoms with E-state index in [1.165, 1.54) is 5.56 Å². The van der Waals surface area contributed by atoms with Crippen LogP contribution in [0.3, 0.4) is 0 Å². The molecule has 2 aromatic rings. The van der Waals surface area contributed by atoms with Crippen LogP contribution in [0.5, 0.6) is 11.5 Å². The van der Waals surface area contributed by atoms with Gasteiger partial charge < -0.3 is 14.4 Å². The molecule has 0 aliphatic carbocycles. The Kier molecular flexibility index (Phi) is 5.82. The third kappa shape index (κ3) is 4.01. The van der Waals surface area contributed by atoms with E-state index in [1.54, 1.807) is 13.2 Å². The number of fused-ring (bicyclic) bond motifs is 1. The number of hydrogen-bond donors (Lipinski definition) is 0. The summed E-state index contributed by atoms with van der Waals surface area (Å²) in [5.41, 5.74) is 2.86. The van der Waals surface area contributed by atoms with E-state index in [1.807, 2.05) is 35.2 Å². The first-order chi connectivity index (χ1) is 12.6. The minimum absolute atomic E-state index is 0.00387. The van der Waals surface area contributed by atoms with Gasteiger partial charge in [0, 0.05) is 17.8 Å². The van der Waals surface area contributed by atoms with Gasteiger partial charge in [0.05, 0.1) is 13.7 Å². The average molecular weight is 353 g/mol. The van der Waals surface area contributed by atoms with Crippen LogP contribution in [-0.4, -0.2) is 26.2 Å². The van der Waals surface area contributed by atoms with Crippen LogP contribution >= 0.6 is 0 Å². The average Bonchev–Trinajstić information content (AvgIpc) is 2.67. The summed E-state index contributed by atoms with van der Waals surface area (Å²) < 4.78 is 11.3. The van der Waals surface area contributed by atoms with Crippen LogP contribution < -0.4 is 14.4 Å². The van der Waals surface area contributed by atoms with Crippen molar-refractivity contribution in [3.05, 3.63) is 53.6 Å². The Morgan fingerprint density at radius 2 is 1.96 bits per heavy atom. The molecule has 1 aliphatic heterocycles. The number of amides is 1. The summed E-state index contributed by atoms with van der Waals surface area (Å²) in [5, 5.41) is 0. The van der Waals surface area contributed by atoms with Crippen LogP contribution in [0.4, 0.5) is 5.69 Å². The highest BCUT2D eigenvalue weighted by Crippen LogP contribution is 2.32. The van der Waals surface area contributed by atoms with E-state index < -0.39 is 0 Å². The maximum absolute atomic E-state index is 13.1. The zero-order valence-corrected chi connectivity index (χ0v) is 15.8. The number of methoxy groups -OCH3 is 1. The lowest BCUT2D eigenvalue weighted by Gasteiger charge is -2.29. The standard InChI is InChI=1S/C22H27NO3/c1-16(2)12-14-26-20-11-10-18(15-21(20)25-3)22(24)23-13-6-8-17-7-4-5-9-19(17)23/h4-5,7,9-11,15-16H,6,8,12-14H2,1-3H3. The Bertz CT molecular complexity index is 770. The van der Waals surface area contributed by atoms with Crippen LogP contribution in [0.1, 0.15) is 42.6 Å². The van der Waals surface area contributed by atoms with E-state index in [-0.39, 0.29) is 5.91 Å². The topological polar surface area (TPSA) is 38.8 Å². The van der Waals surface area contributed by atoms with Gasteiger partial charge >= 0.3 is 0 Å². The molecule has 0 atom stereocenters. The number of nitrogens with zero attached hydrogens (tertiary/aromatic N) is 1. The monoisotopic (exact) mass is 353 g/mol. The molecule has 0 N–H and O–H groups in total. The molecular weight excluding hydrogens is 326 g/mol. The maximum Gasteiger partial charge on any atom is 0.258 e. The first-order valence-electron chi connectivity index (χ1n) is 9.30. The molecule has 1 heterocycles. The van der Waals surface area contributed by atoms with Gasteiger partial charge in [-0.15, -0.1) is 0 Å². The number of para-hydroxylation sites is 1. The molecule has 0 aromatic heterocycles. The highest BCUT2D eigenvalue weighted by molar-refractivity contribution is 6.07. The fourth-order valence-corrected chi connectivity index (χ4v) is 3.22. The smallest absolute Gasteiger partial charge is 0.258 e. The quantitative estimate of drug-likeness (QED) is 0.755. The number of carbonyl (C=O) groups is 1. The minimum atomic E-state index is 0.00387. The molecule has 0 saturated carbocycles. The zero-order chi connectivity index (χ0) is 18.5. The highest BCUT2D eigenvalue weighted by atomic mass is 16.5. The van der Waals surface area contributed by atoms with Crippen LogP contribution in [0.2, 0.25) is 0 Å². The van der Waals surface area contributed by atoms with Gasteiger partial charge in [0.15, 0.2) is 11.5 Å². The third-order valence-corrected chi connectivity index (χ3v) is 4.72. The second-order valence-corrected chi connectivity index (χ2v) is 7.09. The molecule has 0 fully saturated rings. The van der Waals surface area contributed by atoms with E-state index in [2.05, 4.69) is 19.9 Å². The molecule has 138 valence electrons. The summed E-state index contributed by atoms with van der Waals surface area (Å²) in [6, 6.07) is 13.6. The molecule has 2 aromatic carbocycles. The summed E-state index contributed by atoms with van der Waals surface area (Å²) in [7, 11) is 1.61. The summed E-state index contributed by atoms with van der Waals surface area (Å²) in [4.78, 5) is 14.9. The van der Waals surface area contributed by atoms with Crippen LogP contribution in [0.25, 0.3) is 0 Å². The van der Waals surface area contributed by atoms with Crippen LogP contribution in [0.15, 0.2) is 42.5 Å². The van der Waals surface area contributed by atoms with Crippen molar-refractivity contribution in [2.75, 3.05) is 25.2 Å². The first kappa shape index (κ1) is 18.3. The van der Waals surface area contributed by atoms with Gasteiger partial charge in [0.1, 0.15) is 0 Å². The minimum Gasteiger partial charge on any atom is -0.493 e. The number of aryl methyl sites for hydroxylation is 1. The molecule has 26 heavy (non-hydrogen) atoms. The van der Waals surface area contributed by atoms with Crippen molar-refractivity contribution >= 4 is 11.6 Å². The lowest BCUT2D eigenvalue weighted by atomic mass is 10.0. The predicted octanol–water partition coefficient (Wildman–Crippen LogP) is 4.71. The number of benzene rings is 2. The van der Waals surface area contributed by atoms with Crippen molar-refractivity contribution in [1.29, 1.82) is 0 Å². The fourth-order valence-electron chi connectivity index (χ4n) is 3.22. The summed E-state index contributed by atoms with van der Waals surface area (Å²) in [5.74, 6) is 1.87. The Morgan fingerprint density at radius 1 is 1.15 bits per heavy atom. The SMILES string of the molecule is COc1cc(C(=O)N2CCCc3ccccc32)ccc1OCCC(C)C. The molecule has 4 heteroatoms. The number of anilines is 1. The number of carbonyl (C=O) groups excluding carboxylic acids is 1. The molecule has 0 spiro atoms. The van der Waals surface area contributed by atoms with Crippen LogP contribution in [0, 0.1) is 5.92 Å². The Labute approximate surface area is 155 Å². The van der Waals surface area contributed by atoms with Crippen LogP contribution in [-0.2, 0) is 6.42 Å². The van der Waals surface area contributed by atoms with E-state index in [0.29, 0.717) is 29.6 Å². The lowest BCUT2D eigenvalue weighted by molar-refractivity contribution is 0.0984. The highest BCUT2D eigenvalue weighted by Gasteiger charge is 2.24. The molecule has 0 unspecified atom stereocenters. The number of ether oxygens (including phenoxy) is 2. The molecule has 0 saturated heterocycles. The Hall–Kier alpha value is -2.49. The molecule has 3 rings (SSSR count). The molecule has 1 amide bonds. The molecule has 0 radical (unpaired) electrons. The van der Waals surface area contributed by atoms with Gasteiger partial charge in [0.2, 0.25) is 0 Å². The van der Waals surface area contributed by atoms with Crippen molar-refractivity contribution in [2.24, 2.45) is 5.92 Å². The molecule has 1 aliphatic rings. The summed E-state index contributed by atoms with van der Waals surface area (Å²) in [6.45, 7) is 5.71. The molecule has 4 nitrogen and oxygen atoms in total. The van der Waals surface area contributed by atoms with E-state index >= 15 is 0 Å². The first-order valence-corrected chi connectivity index (χ1v) is 9.30. The molecule has 0 bridgehead atoms. The summed E-state index contributed by atoms with van der Waals surface area (Å²) >= 11 is 0. The second kappa shape index (κ2) is 8.26. The van der Waals surface area contributed by atoms with Crippen molar-refractivity contribution in [3.63, 3.8) is 0 Å². The van der Waals surface area contributed by atoms with Crippen molar-refractivity contribution < 1.29 is 14.3 Å². The summed E-state index contributed by atoms with van der Waals surface area (Å²) in [6.07, 6.45) is 2.98. The maximum atomic E-state index is 13.1. The van der Waals surface area contributed by atoms with E-state index in [9.17, 15) is 4.79 Å². The van der Waals surface area contributed by atoms with Gasteiger partial charge in [-0.1, -0.05) is 32.0 Å². The fraction of sp³-hybridized carbons (Fsp3) is 0.409. The zero-order valence-electron chi connectivity index (χ0n) is 15.8. The Morgan fingerprint density at radius 3 is 2.73 bits per heavy atom. The number of rotatable bonds is 6. The van der Waals surface area contributed by atoms with Gasteiger partial charge in [-0.2, -0.15) is 0 Å². The normalized spacial score (nSPS) is 13.5. The lowest BCUT2D eigenvalue weighted by Crippen LogP contribution is -2.35. The predicted molar refractivity (Wildman–Crippen MR) is 104 cm³/mol. The van der Waals surface area contributed by atoms with Crippen molar-refractivity contribution in [1.82, 2.24) is 0 Å². The van der Waals surface area contributed by atoms with Gasteiger partial charge in [-0.05, 0) is 55.0 Å². The second-order valence-electron chi connectivity index (χ2n) is 7.09. The van der Waals surface area contributed by atoms with Crippen molar-refractivity contribution in [3.8, 4) is 11.5 Å². The number of hydrogen-bond acceptors (Lipinski definition) is 3. The molecular formula is C22H27NO3. The largest absolute Gasteiger partial charge is 0.493 e. The van der Waals surface area contributed by atoms with E-state index in [0.717, 1.165) is 31.5 Å². The van der Waals surface area contributed by atoms with Gasteiger partial charge in [-0.25, -0.2) is 0 Å². The van der Waals surface area contributed by atoms with Gasteiger partial charge in [-0.3, -0.25) is 4.79 Å². The van der Waals surface area contributed by atoms with Gasteiger partial charge in [0.25, 0.3) is 5.91 Å². The van der Waals surface area contributed by atoms with Crippen molar-refractivity contribution in [2.45, 2.75) is 33.1 Å². The van der Waals surface area contributed by atoms with E-state index in [4.69, 9.17) is 9.47 Å².